The summed E-state index contributed by atoms with van der Waals surface area (Å²) < 4.78 is 45.2. The van der Waals surface area contributed by atoms with Gasteiger partial charge in [0.05, 0.1) is 71.3 Å². The van der Waals surface area contributed by atoms with Crippen LogP contribution in [-0.2, 0) is 44.5 Å². The molecule has 11 aromatic heterocycles. The maximum atomic E-state index is 11.5. The number of aromatic nitrogens is 11. The molecule has 3 radical (unpaired) electrons. The highest BCUT2D eigenvalue weighted by Crippen LogP contribution is 2.52. The molecule has 3 fully saturated rings. The molecule has 144 heavy (non-hydrogen) atoms. The number of nitrogens with zero attached hydrogens (tertiary/aromatic N) is 13. The van der Waals surface area contributed by atoms with Crippen molar-refractivity contribution in [1.82, 2.24) is 53.6 Å². The average Bonchev–Trinajstić information content (AvgIpc) is 1.52. The van der Waals surface area contributed by atoms with Crippen LogP contribution < -0.4 is 5.59 Å². The molecule has 0 N–H and O–H groups in total. The number of halogens is 2. The number of pyridine rings is 8. The molecule has 23 nitrogen and oxygen atoms in total. The van der Waals surface area contributed by atoms with Gasteiger partial charge in [-0.2, -0.15) is 0 Å². The molecule has 0 unspecified atom stereocenters. The monoisotopic (exact) mass is 2030 g/mol. The van der Waals surface area contributed by atoms with Crippen molar-refractivity contribution in [2.24, 2.45) is 0 Å². The third kappa shape index (κ3) is 18.2. The number of fused-ring (bicyclic) bond motifs is 9. The maximum Gasteiger partial charge on any atom is 0.514 e. The largest absolute Gasteiger partial charge is 0.514 e. The van der Waals surface area contributed by atoms with Crippen LogP contribution in [0.1, 0.15) is 133 Å². The Morgan fingerprint density at radius 2 is 0.562 bits per heavy atom. The smallest absolute Gasteiger partial charge is 0.405 e. The van der Waals surface area contributed by atoms with Crippen LogP contribution in [0.4, 0.5) is 11.4 Å². The van der Waals surface area contributed by atoms with Gasteiger partial charge in [-0.25, -0.2) is 15.0 Å². The molecule has 0 aliphatic carbocycles. The van der Waals surface area contributed by atoms with Crippen LogP contribution in [-0.4, -0.2) is 127 Å². The Morgan fingerprint density at radius 3 is 0.861 bits per heavy atom. The molecule has 9 aromatic carbocycles. The minimum absolute atomic E-state index is 0. The summed E-state index contributed by atoms with van der Waals surface area (Å²) in [4.78, 5) is 57.4. The van der Waals surface area contributed by atoms with E-state index in [2.05, 4.69) is 377 Å². The molecule has 23 rings (SSSR count). The van der Waals surface area contributed by atoms with E-state index in [-0.39, 0.29) is 42.2 Å². The van der Waals surface area contributed by atoms with Crippen LogP contribution in [0.2, 0.25) is 0 Å². The molecular formula is C115H102B4Br2N13O10. The topological polar surface area (TPSA) is 260 Å². The van der Waals surface area contributed by atoms with Gasteiger partial charge in [-0.15, -0.1) is 0 Å². The Bertz CT molecular complexity index is 7640. The second-order valence-electron chi connectivity index (χ2n) is 38.4. The van der Waals surface area contributed by atoms with E-state index in [4.69, 9.17) is 42.9 Å². The second-order valence-corrected chi connectivity index (χ2v) is 40.2. The third-order valence-corrected chi connectivity index (χ3v) is 29.2. The standard InChI is InChI=1S/C35H32BN3O2.C34H23N5O2.C29H20BrN3.C12H24B2O4.C5H3BrN2O2.B/c1-33(2)34(3,4)41-36(40-33)31-21-20-28-29-24-37-23-22-30(29)39(32(28)38-31)35(25-14-8-5-9-15-25,26-16-10-6-11-17-26)27-18-12-7-13-19-27;40-39(41)28-20-24(21-36-22-28)31-17-16-29-30-23-35-19-18-32(30)38(33(29)37-31)34(25-10-4-1-5-11-25,26-12-6-2-7-13-26)27-14-8-3-9-15-27;30-27-17-16-24-25-20-31-19-18-26(25)33(28(24)32-27)29(21-10-4-1-5-11-21,22-12-6-2-7-13-22)23-14-8-3-9-15-23;1-9(2)10(3,4)16-13(15-9)14-17-11(5,6)12(7,8)18-14;6-4-1-5(8(9)10)3-7-2-4;/h5-24H,1-4H3;1-23H;1-20H;1-8H3;1-3H;. The lowest BCUT2D eigenvalue weighted by Crippen LogP contribution is -2.41. The molecule has 3 saturated heterocycles. The zero-order chi connectivity index (χ0) is 99.9. The van der Waals surface area contributed by atoms with Crippen molar-refractivity contribution >= 4 is 144 Å². The van der Waals surface area contributed by atoms with Gasteiger partial charge in [0.2, 0.25) is 0 Å². The van der Waals surface area contributed by atoms with Crippen molar-refractivity contribution in [3.63, 3.8) is 0 Å². The molecule has 14 heterocycles. The summed E-state index contributed by atoms with van der Waals surface area (Å²) >= 11 is 6.68. The van der Waals surface area contributed by atoms with Gasteiger partial charge in [0, 0.05) is 112 Å². The quantitative estimate of drug-likeness (QED) is 0.0270. The molecule has 713 valence electrons. The van der Waals surface area contributed by atoms with Gasteiger partial charge in [0.15, 0.2) is 0 Å². The highest BCUT2D eigenvalue weighted by Gasteiger charge is 2.64. The van der Waals surface area contributed by atoms with Crippen LogP contribution in [0.3, 0.4) is 0 Å². The Hall–Kier alpha value is -14.6. The van der Waals surface area contributed by atoms with E-state index in [9.17, 15) is 20.2 Å². The van der Waals surface area contributed by atoms with E-state index in [0.29, 0.717) is 15.7 Å². The summed E-state index contributed by atoms with van der Waals surface area (Å²) in [5.41, 5.74) is 13.0. The van der Waals surface area contributed by atoms with Gasteiger partial charge >= 0.3 is 21.1 Å². The number of hydrogen-bond donors (Lipinski definition) is 0. The number of rotatable bonds is 17. The van der Waals surface area contributed by atoms with E-state index in [1.165, 1.54) is 47.4 Å². The third-order valence-electron chi connectivity index (χ3n) is 28.4. The average molecular weight is 2030 g/mol. The highest BCUT2D eigenvalue weighted by molar-refractivity contribution is 9.10. The first-order valence-electron chi connectivity index (χ1n) is 47.2. The first-order valence-corrected chi connectivity index (χ1v) is 48.8. The lowest BCUT2D eigenvalue weighted by Gasteiger charge is -2.38. The Morgan fingerprint density at radius 1 is 0.292 bits per heavy atom. The van der Waals surface area contributed by atoms with Crippen molar-refractivity contribution in [3.8, 4) is 11.3 Å². The Balaban J connectivity index is 0.000000125. The van der Waals surface area contributed by atoms with Crippen LogP contribution >= 0.6 is 31.9 Å². The van der Waals surface area contributed by atoms with Gasteiger partial charge in [0.1, 0.15) is 50.6 Å². The van der Waals surface area contributed by atoms with Crippen LogP contribution in [0.15, 0.2) is 411 Å². The maximum absolute atomic E-state index is 11.5. The van der Waals surface area contributed by atoms with Gasteiger partial charge in [0.25, 0.3) is 11.4 Å². The minimum atomic E-state index is -0.808. The van der Waals surface area contributed by atoms with E-state index in [1.807, 2.05) is 135 Å². The van der Waals surface area contributed by atoms with Crippen LogP contribution in [0.25, 0.3) is 77.1 Å². The van der Waals surface area contributed by atoms with Gasteiger partial charge in [-0.1, -0.05) is 273 Å². The number of benzene rings is 9. The van der Waals surface area contributed by atoms with E-state index >= 15 is 0 Å². The molecule has 20 aromatic rings. The fraction of sp³-hybridized carbons (Fsp3) is 0.183. The van der Waals surface area contributed by atoms with Crippen molar-refractivity contribution in [2.45, 2.75) is 133 Å². The lowest BCUT2D eigenvalue weighted by molar-refractivity contribution is -0.385. The summed E-state index contributed by atoms with van der Waals surface area (Å²) in [5, 5.41) is 27.7. The molecular weight excluding hydrogens is 1930 g/mol. The summed E-state index contributed by atoms with van der Waals surface area (Å²) in [6.45, 7) is 24.5. The van der Waals surface area contributed by atoms with Gasteiger partial charge in [-0.05, 0) is 220 Å². The SMILES string of the molecule is Brc1ccc2c3cnccc3n(C(c3ccccc3)(c3ccccc3)c3ccccc3)c2n1.CC1(C)OB(B2OC(C)(C)C(C)(C)O2)OC1(C)C.CC1(C)OB(c2ccc3c4cnccc4n(C(c4ccccc4)(c4ccccc4)c4ccccc4)c3n2)OC1(C)C.O=[N+]([O-])c1cncc(-c2ccc3c4cnccc4n(C(c4ccccc4)(c4ccccc4)c4ccccc4)c3n2)c1.O=[N+]([O-])c1cncc(Br)c1.[B]. The Kier molecular flexibility index (Phi) is 27.8. The van der Waals surface area contributed by atoms with Gasteiger partial charge < -0.3 is 41.6 Å². The fourth-order valence-corrected chi connectivity index (χ4v) is 20.1. The van der Waals surface area contributed by atoms with E-state index in [0.717, 1.165) is 109 Å². The first-order chi connectivity index (χ1) is 68.9. The number of nitro groups is 2. The highest BCUT2D eigenvalue weighted by atomic mass is 79.9. The molecule has 0 bridgehead atoms. The predicted molar refractivity (Wildman–Crippen MR) is 579 cm³/mol. The molecule has 29 heteroatoms. The minimum Gasteiger partial charge on any atom is -0.405 e. The second kappa shape index (κ2) is 40.3. The summed E-state index contributed by atoms with van der Waals surface area (Å²) in [6, 6.07) is 117. The van der Waals surface area contributed by atoms with E-state index in [1.54, 1.807) is 12.4 Å². The van der Waals surface area contributed by atoms with Crippen molar-refractivity contribution < 1.29 is 37.8 Å². The van der Waals surface area contributed by atoms with Crippen molar-refractivity contribution in [1.29, 1.82) is 0 Å². The summed E-state index contributed by atoms with van der Waals surface area (Å²) in [6.07, 6.45) is 16.8. The molecule has 3 aliphatic rings. The Labute approximate surface area is 855 Å². The summed E-state index contributed by atoms with van der Waals surface area (Å²) in [7, 11) is -1.53. The van der Waals surface area contributed by atoms with Crippen LogP contribution in [0, 0.1) is 20.2 Å². The molecule has 3 aliphatic heterocycles. The lowest BCUT2D eigenvalue weighted by atomic mass is 9.49. The normalized spacial score (nSPS) is 15.3. The fourth-order valence-electron chi connectivity index (χ4n) is 19.4. The molecule has 0 saturated carbocycles. The van der Waals surface area contributed by atoms with E-state index < -0.39 is 58.8 Å². The van der Waals surface area contributed by atoms with Crippen LogP contribution in [0.5, 0.6) is 0 Å². The molecule has 0 amide bonds. The predicted octanol–water partition coefficient (Wildman–Crippen LogP) is 24.9. The number of hydrogen-bond acceptors (Lipinski definition) is 18. The summed E-state index contributed by atoms with van der Waals surface area (Å²) in [5.74, 6) is 0. The first kappa shape index (κ1) is 99.5. The molecule has 0 spiro atoms. The zero-order valence-electron chi connectivity index (χ0n) is 81.6. The van der Waals surface area contributed by atoms with Gasteiger partial charge in [-0.3, -0.25) is 45.1 Å². The van der Waals surface area contributed by atoms with Crippen molar-refractivity contribution in [3.05, 3.63) is 481 Å². The molecule has 0 atom stereocenters. The zero-order valence-corrected chi connectivity index (χ0v) is 84.7. The van der Waals surface area contributed by atoms with Crippen molar-refractivity contribution in [2.75, 3.05) is 0 Å².